The fourth-order valence-corrected chi connectivity index (χ4v) is 2.89. The van der Waals surface area contributed by atoms with E-state index in [9.17, 15) is 0 Å². The Morgan fingerprint density at radius 3 is 2.75 bits per heavy atom. The summed E-state index contributed by atoms with van der Waals surface area (Å²) in [6.07, 6.45) is 1.75. The lowest BCUT2D eigenvalue weighted by atomic mass is 10.1. The van der Waals surface area contributed by atoms with Crippen molar-refractivity contribution in [2.24, 2.45) is 0 Å². The molecule has 0 atom stereocenters. The molecule has 2 heterocycles. The number of oxazole rings is 1. The first-order valence-corrected chi connectivity index (χ1v) is 7.44. The largest absolute Gasteiger partial charge is 0.445 e. The number of aryl methyl sites for hydroxylation is 1. The van der Waals surface area contributed by atoms with Crippen molar-refractivity contribution < 1.29 is 4.42 Å². The van der Waals surface area contributed by atoms with Crippen molar-refractivity contribution in [3.8, 4) is 11.1 Å². The highest BCUT2D eigenvalue weighted by Gasteiger charge is 2.03. The molecular weight excluding hydrogens is 268 g/mol. The molecule has 0 radical (unpaired) electrons. The van der Waals surface area contributed by atoms with Crippen LogP contribution in [-0.2, 0) is 13.1 Å². The molecule has 0 aliphatic heterocycles. The average Bonchev–Trinajstić information content (AvgIpc) is 3.09. The predicted octanol–water partition coefficient (Wildman–Crippen LogP) is 4.00. The fraction of sp³-hybridized carbons (Fsp3) is 0.188. The summed E-state index contributed by atoms with van der Waals surface area (Å²) in [7, 11) is 0. The first-order chi connectivity index (χ1) is 9.81. The molecule has 0 aliphatic carbocycles. The summed E-state index contributed by atoms with van der Waals surface area (Å²) in [6, 6.07) is 12.7. The monoisotopic (exact) mass is 284 g/mol. The van der Waals surface area contributed by atoms with E-state index in [4.69, 9.17) is 4.42 Å². The van der Waals surface area contributed by atoms with E-state index in [1.165, 1.54) is 16.0 Å². The second kappa shape index (κ2) is 6.03. The van der Waals surface area contributed by atoms with E-state index >= 15 is 0 Å². The van der Waals surface area contributed by atoms with Gasteiger partial charge in [0.15, 0.2) is 0 Å². The Morgan fingerprint density at radius 1 is 1.15 bits per heavy atom. The molecule has 0 saturated heterocycles. The van der Waals surface area contributed by atoms with Crippen molar-refractivity contribution in [3.05, 3.63) is 64.5 Å². The first kappa shape index (κ1) is 13.1. The van der Waals surface area contributed by atoms with E-state index in [1.54, 1.807) is 17.5 Å². The van der Waals surface area contributed by atoms with Gasteiger partial charge in [0.05, 0.1) is 12.7 Å². The molecule has 0 saturated carbocycles. The van der Waals surface area contributed by atoms with Gasteiger partial charge in [-0.3, -0.25) is 0 Å². The zero-order valence-electron chi connectivity index (χ0n) is 11.3. The van der Waals surface area contributed by atoms with Gasteiger partial charge in [-0.05, 0) is 29.5 Å². The third-order valence-corrected chi connectivity index (χ3v) is 3.94. The summed E-state index contributed by atoms with van der Waals surface area (Å²) in [4.78, 5) is 5.49. The Balaban J connectivity index is 1.58. The number of rotatable bonds is 5. The minimum Gasteiger partial charge on any atom is -0.445 e. The van der Waals surface area contributed by atoms with Gasteiger partial charge in [0.25, 0.3) is 0 Å². The maximum Gasteiger partial charge on any atom is 0.208 e. The summed E-state index contributed by atoms with van der Waals surface area (Å²) in [5.74, 6) is 1.59. The third kappa shape index (κ3) is 3.15. The van der Waals surface area contributed by atoms with E-state index in [-0.39, 0.29) is 0 Å². The number of nitrogens with zero attached hydrogens (tertiary/aromatic N) is 1. The molecule has 3 aromatic rings. The zero-order valence-corrected chi connectivity index (χ0v) is 12.1. The van der Waals surface area contributed by atoms with Crippen LogP contribution in [0.5, 0.6) is 0 Å². The summed E-state index contributed by atoms with van der Waals surface area (Å²) in [5.41, 5.74) is 2.54. The van der Waals surface area contributed by atoms with Gasteiger partial charge in [0.1, 0.15) is 5.76 Å². The molecule has 0 aliphatic rings. The van der Waals surface area contributed by atoms with E-state index in [1.807, 2.05) is 13.0 Å². The van der Waals surface area contributed by atoms with Crippen LogP contribution in [0.25, 0.3) is 11.1 Å². The topological polar surface area (TPSA) is 38.1 Å². The minimum atomic E-state index is 0.659. The van der Waals surface area contributed by atoms with Crippen LogP contribution in [0.3, 0.4) is 0 Å². The molecular formula is C16H16N2OS. The number of thiophene rings is 1. The zero-order chi connectivity index (χ0) is 13.8. The second-order valence-electron chi connectivity index (χ2n) is 4.64. The number of hydrogen-bond donors (Lipinski definition) is 1. The molecule has 0 spiro atoms. The normalized spacial score (nSPS) is 10.8. The Hall–Kier alpha value is -1.91. The molecule has 3 rings (SSSR count). The molecule has 1 aromatic carbocycles. The number of benzene rings is 1. The average molecular weight is 284 g/mol. The summed E-state index contributed by atoms with van der Waals surface area (Å²) < 4.78 is 5.43. The van der Waals surface area contributed by atoms with Crippen molar-refractivity contribution in [2.45, 2.75) is 20.0 Å². The molecule has 0 bridgehead atoms. The van der Waals surface area contributed by atoms with Crippen LogP contribution in [0.15, 0.2) is 52.4 Å². The SMILES string of the molecule is Cc1cnc(CNCc2cc(-c3ccccc3)cs2)o1. The molecule has 0 amide bonds. The van der Waals surface area contributed by atoms with Crippen LogP contribution in [0.4, 0.5) is 0 Å². The Morgan fingerprint density at radius 2 is 2.00 bits per heavy atom. The van der Waals surface area contributed by atoms with Crippen LogP contribution in [-0.4, -0.2) is 4.98 Å². The van der Waals surface area contributed by atoms with Gasteiger partial charge in [-0.15, -0.1) is 11.3 Å². The van der Waals surface area contributed by atoms with E-state index in [2.05, 4.69) is 46.0 Å². The third-order valence-electron chi connectivity index (χ3n) is 3.01. The molecule has 102 valence electrons. The van der Waals surface area contributed by atoms with Crippen molar-refractivity contribution >= 4 is 11.3 Å². The molecule has 3 nitrogen and oxygen atoms in total. The highest BCUT2D eigenvalue weighted by molar-refractivity contribution is 7.10. The smallest absolute Gasteiger partial charge is 0.208 e. The lowest BCUT2D eigenvalue weighted by Crippen LogP contribution is -2.11. The predicted molar refractivity (Wildman–Crippen MR) is 81.5 cm³/mol. The van der Waals surface area contributed by atoms with Crippen LogP contribution in [0.2, 0.25) is 0 Å². The standard InChI is InChI=1S/C16H16N2OS/c1-12-8-18-16(19-12)10-17-9-15-7-14(11-20-15)13-5-3-2-4-6-13/h2-8,11,17H,9-10H2,1H3. The van der Waals surface area contributed by atoms with Gasteiger partial charge in [-0.1, -0.05) is 30.3 Å². The van der Waals surface area contributed by atoms with Gasteiger partial charge in [0, 0.05) is 11.4 Å². The molecule has 0 fully saturated rings. The van der Waals surface area contributed by atoms with Crippen LogP contribution in [0.1, 0.15) is 16.5 Å². The Kier molecular flexibility index (Phi) is 3.95. The summed E-state index contributed by atoms with van der Waals surface area (Å²) in [5, 5.41) is 5.55. The summed E-state index contributed by atoms with van der Waals surface area (Å²) >= 11 is 1.77. The van der Waals surface area contributed by atoms with Crippen molar-refractivity contribution in [3.63, 3.8) is 0 Å². The number of aromatic nitrogens is 1. The lowest BCUT2D eigenvalue weighted by Gasteiger charge is -1.99. The van der Waals surface area contributed by atoms with Gasteiger partial charge in [-0.25, -0.2) is 4.98 Å². The van der Waals surface area contributed by atoms with Gasteiger partial charge >= 0.3 is 0 Å². The van der Waals surface area contributed by atoms with Gasteiger partial charge in [0.2, 0.25) is 5.89 Å². The highest BCUT2D eigenvalue weighted by atomic mass is 32.1. The number of hydrogen-bond acceptors (Lipinski definition) is 4. The lowest BCUT2D eigenvalue weighted by molar-refractivity contribution is 0.449. The molecule has 20 heavy (non-hydrogen) atoms. The van der Waals surface area contributed by atoms with Gasteiger partial charge < -0.3 is 9.73 Å². The second-order valence-corrected chi connectivity index (χ2v) is 5.63. The van der Waals surface area contributed by atoms with Crippen LogP contribution >= 0.6 is 11.3 Å². The maximum atomic E-state index is 5.43. The maximum absolute atomic E-state index is 5.43. The Bertz CT molecular complexity index is 673. The molecule has 0 unspecified atom stereocenters. The highest BCUT2D eigenvalue weighted by Crippen LogP contribution is 2.25. The molecule has 1 N–H and O–H groups in total. The first-order valence-electron chi connectivity index (χ1n) is 6.56. The van der Waals surface area contributed by atoms with E-state index < -0.39 is 0 Å². The van der Waals surface area contributed by atoms with Crippen LogP contribution < -0.4 is 5.32 Å². The van der Waals surface area contributed by atoms with Crippen molar-refractivity contribution in [1.82, 2.24) is 10.3 Å². The van der Waals surface area contributed by atoms with E-state index in [0.29, 0.717) is 6.54 Å². The summed E-state index contributed by atoms with van der Waals surface area (Å²) in [6.45, 7) is 3.40. The number of nitrogens with one attached hydrogen (secondary N) is 1. The van der Waals surface area contributed by atoms with E-state index in [0.717, 1.165) is 18.2 Å². The fourth-order valence-electron chi connectivity index (χ4n) is 2.03. The van der Waals surface area contributed by atoms with Gasteiger partial charge in [-0.2, -0.15) is 0 Å². The van der Waals surface area contributed by atoms with Crippen molar-refractivity contribution in [2.75, 3.05) is 0 Å². The molecule has 4 heteroatoms. The minimum absolute atomic E-state index is 0.659. The van der Waals surface area contributed by atoms with Crippen LogP contribution in [0, 0.1) is 6.92 Å². The quantitative estimate of drug-likeness (QED) is 0.769. The van der Waals surface area contributed by atoms with Crippen molar-refractivity contribution in [1.29, 1.82) is 0 Å². The Labute approximate surface area is 122 Å². The molecule has 2 aromatic heterocycles.